The molecule has 0 saturated carbocycles. The maximum atomic E-state index is 12.8. The van der Waals surface area contributed by atoms with Crippen LogP contribution >= 0.6 is 38.9 Å². The molecule has 5 rings (SSSR count). The first kappa shape index (κ1) is 28.9. The van der Waals surface area contributed by atoms with Crippen LogP contribution in [0.15, 0.2) is 113 Å². The molecule has 0 radical (unpaired) electrons. The maximum Gasteiger partial charge on any atom is 0.336 e. The second-order valence-corrected chi connectivity index (χ2v) is 11.2. The first-order valence-corrected chi connectivity index (χ1v) is 14.5. The van der Waals surface area contributed by atoms with Crippen LogP contribution in [0.1, 0.15) is 31.2 Å². The molecule has 7 nitrogen and oxygen atoms in total. The van der Waals surface area contributed by atoms with E-state index in [0.29, 0.717) is 32.5 Å². The van der Waals surface area contributed by atoms with Crippen LogP contribution in [0.5, 0.6) is 5.75 Å². The summed E-state index contributed by atoms with van der Waals surface area (Å²) in [4.78, 5) is 38.2. The Hall–Kier alpha value is -4.57. The number of benzene rings is 4. The number of hydrogen-bond donors (Lipinski definition) is 2. The van der Waals surface area contributed by atoms with Gasteiger partial charge in [0.05, 0.1) is 11.2 Å². The second-order valence-electron chi connectivity index (χ2n) is 8.82. The van der Waals surface area contributed by atoms with Gasteiger partial charge in [-0.3, -0.25) is 9.59 Å². The van der Waals surface area contributed by atoms with E-state index in [1.807, 2.05) is 48.5 Å². The first-order valence-electron chi connectivity index (χ1n) is 12.5. The summed E-state index contributed by atoms with van der Waals surface area (Å²) >= 11 is 11.2. The average Bonchev–Trinajstić information content (AvgIpc) is 3.33. The van der Waals surface area contributed by atoms with Gasteiger partial charge in [0, 0.05) is 37.4 Å². The molecule has 0 aliphatic carbocycles. The number of fused-ring (bicyclic) bond motifs is 1. The van der Waals surface area contributed by atoms with E-state index in [1.54, 1.807) is 54.6 Å². The molecule has 42 heavy (non-hydrogen) atoms. The third kappa shape index (κ3) is 7.19. The molecule has 10 heteroatoms. The molecule has 0 atom stereocenters. The Morgan fingerprint density at radius 2 is 1.62 bits per heavy atom. The molecule has 4 aromatic carbocycles. The Morgan fingerprint density at radius 3 is 2.40 bits per heavy atom. The number of halogens is 2. The number of hydrogen-bond acceptors (Lipinski definition) is 6. The molecule has 0 spiro atoms. The maximum absolute atomic E-state index is 12.8. The summed E-state index contributed by atoms with van der Waals surface area (Å²) in [7, 11) is 0. The van der Waals surface area contributed by atoms with Crippen LogP contribution in [-0.4, -0.2) is 24.0 Å². The number of rotatable bonds is 8. The summed E-state index contributed by atoms with van der Waals surface area (Å²) in [6.07, 6.45) is 4.39. The number of carbonyl (C=O) groups excluding carboxylic acids is 3. The summed E-state index contributed by atoms with van der Waals surface area (Å²) in [5, 5.41) is 8.03. The number of nitrogens with one attached hydrogen (secondary N) is 2. The number of esters is 1. The van der Waals surface area contributed by atoms with Crippen molar-refractivity contribution in [1.82, 2.24) is 5.43 Å². The number of hydrazone groups is 1. The van der Waals surface area contributed by atoms with Crippen molar-refractivity contribution in [2.75, 3.05) is 5.32 Å². The number of ether oxygens (including phenoxy) is 1. The van der Waals surface area contributed by atoms with Crippen LogP contribution in [0.25, 0.3) is 16.2 Å². The van der Waals surface area contributed by atoms with Gasteiger partial charge in [0.25, 0.3) is 11.8 Å². The molecule has 0 bridgehead atoms. The highest BCUT2D eigenvalue weighted by molar-refractivity contribution is 9.10. The standard InChI is InChI=1S/C32H21BrClN3O4S/c33-23-13-16-25-27(18-23)42-30(29(25)34)32(40)36-24-14-11-21(12-15-24)31(39)37-35-19-22-8-4-5-9-26(22)41-28(38)17-10-20-6-2-1-3-7-20/h1-19H,(H,36,40)(H,37,39)/b17-10+,35-19-. The number of anilines is 1. The highest BCUT2D eigenvalue weighted by Crippen LogP contribution is 2.37. The lowest BCUT2D eigenvalue weighted by Gasteiger charge is -2.06. The molecule has 2 N–H and O–H groups in total. The van der Waals surface area contributed by atoms with Crippen molar-refractivity contribution in [1.29, 1.82) is 0 Å². The molecule has 0 saturated heterocycles. The lowest BCUT2D eigenvalue weighted by atomic mass is 10.2. The van der Waals surface area contributed by atoms with Crippen molar-refractivity contribution >= 4 is 84.7 Å². The van der Waals surface area contributed by atoms with E-state index in [2.05, 4.69) is 31.8 Å². The van der Waals surface area contributed by atoms with Crippen molar-refractivity contribution in [3.63, 3.8) is 0 Å². The van der Waals surface area contributed by atoms with E-state index >= 15 is 0 Å². The fourth-order valence-electron chi connectivity index (χ4n) is 3.85. The quantitative estimate of drug-likeness (QED) is 0.0582. The Bertz CT molecular complexity index is 1840. The van der Waals surface area contributed by atoms with Crippen LogP contribution in [-0.2, 0) is 4.79 Å². The van der Waals surface area contributed by atoms with Crippen LogP contribution < -0.4 is 15.5 Å². The summed E-state index contributed by atoms with van der Waals surface area (Å²) in [6.45, 7) is 0. The van der Waals surface area contributed by atoms with Gasteiger partial charge in [-0.15, -0.1) is 11.3 Å². The minimum absolute atomic E-state index is 0.296. The molecule has 208 valence electrons. The Morgan fingerprint density at radius 1 is 0.881 bits per heavy atom. The van der Waals surface area contributed by atoms with E-state index in [-0.39, 0.29) is 5.91 Å². The van der Waals surface area contributed by atoms with Gasteiger partial charge in [0.2, 0.25) is 0 Å². The number of amides is 2. The highest BCUT2D eigenvalue weighted by Gasteiger charge is 2.18. The van der Waals surface area contributed by atoms with Gasteiger partial charge < -0.3 is 10.1 Å². The van der Waals surface area contributed by atoms with Crippen molar-refractivity contribution in [3.8, 4) is 5.75 Å². The van der Waals surface area contributed by atoms with Gasteiger partial charge in [0.1, 0.15) is 10.6 Å². The predicted molar refractivity (Wildman–Crippen MR) is 172 cm³/mol. The SMILES string of the molecule is O=C(/C=C/c1ccccc1)Oc1ccccc1/C=N\NC(=O)c1ccc(NC(=O)c2sc3cc(Br)ccc3c2Cl)cc1. The van der Waals surface area contributed by atoms with Gasteiger partial charge >= 0.3 is 5.97 Å². The zero-order valence-electron chi connectivity index (χ0n) is 21.7. The molecule has 5 aromatic rings. The third-order valence-corrected chi connectivity index (χ3v) is 8.06. The van der Waals surface area contributed by atoms with Gasteiger partial charge in [-0.1, -0.05) is 76.1 Å². The van der Waals surface area contributed by atoms with Crippen molar-refractivity contribution in [2.24, 2.45) is 5.10 Å². The molecule has 1 heterocycles. The predicted octanol–water partition coefficient (Wildman–Crippen LogP) is 7.95. The van der Waals surface area contributed by atoms with Crippen LogP contribution in [0.4, 0.5) is 5.69 Å². The van der Waals surface area contributed by atoms with E-state index in [4.69, 9.17) is 16.3 Å². The lowest BCUT2D eigenvalue weighted by molar-refractivity contribution is -0.128. The minimum Gasteiger partial charge on any atom is -0.423 e. The van der Waals surface area contributed by atoms with Crippen LogP contribution in [0.2, 0.25) is 5.02 Å². The molecular formula is C32H21BrClN3O4S. The third-order valence-electron chi connectivity index (χ3n) is 5.91. The van der Waals surface area contributed by atoms with Crippen LogP contribution in [0, 0.1) is 0 Å². The molecule has 0 aliphatic heterocycles. The highest BCUT2D eigenvalue weighted by atomic mass is 79.9. The van der Waals surface area contributed by atoms with Crippen molar-refractivity contribution < 1.29 is 19.1 Å². The molecular weight excluding hydrogens is 638 g/mol. The van der Waals surface area contributed by atoms with E-state index < -0.39 is 11.9 Å². The minimum atomic E-state index is -0.543. The monoisotopic (exact) mass is 657 g/mol. The zero-order valence-corrected chi connectivity index (χ0v) is 24.9. The average molecular weight is 659 g/mol. The number of thiophene rings is 1. The zero-order chi connectivity index (χ0) is 29.5. The second kappa shape index (κ2) is 13.4. The first-order chi connectivity index (χ1) is 20.4. The molecule has 0 aliphatic rings. The summed E-state index contributed by atoms with van der Waals surface area (Å²) in [6, 6.07) is 28.2. The molecule has 2 amide bonds. The van der Waals surface area contributed by atoms with Crippen LogP contribution in [0.3, 0.4) is 0 Å². The van der Waals surface area contributed by atoms with Gasteiger partial charge in [-0.05, 0) is 60.2 Å². The number of para-hydroxylation sites is 1. The number of carbonyl (C=O) groups is 3. The van der Waals surface area contributed by atoms with Gasteiger partial charge in [0.15, 0.2) is 0 Å². The Balaban J connectivity index is 1.18. The lowest BCUT2D eigenvalue weighted by Crippen LogP contribution is -2.18. The summed E-state index contributed by atoms with van der Waals surface area (Å²) in [5.41, 5.74) is 4.67. The largest absolute Gasteiger partial charge is 0.423 e. The molecule has 0 unspecified atom stereocenters. The van der Waals surface area contributed by atoms with Crippen molar-refractivity contribution in [3.05, 3.63) is 134 Å². The fourth-order valence-corrected chi connectivity index (χ4v) is 5.82. The Kier molecular flexibility index (Phi) is 9.23. The van der Waals surface area contributed by atoms with Gasteiger partial charge in [-0.2, -0.15) is 5.10 Å². The van der Waals surface area contributed by atoms with E-state index in [1.165, 1.54) is 23.6 Å². The van der Waals surface area contributed by atoms with E-state index in [9.17, 15) is 14.4 Å². The van der Waals surface area contributed by atoms with Gasteiger partial charge in [-0.25, -0.2) is 10.2 Å². The molecule has 0 fully saturated rings. The fraction of sp³-hybridized carbons (Fsp3) is 0. The Labute approximate surface area is 258 Å². The topological polar surface area (TPSA) is 96.9 Å². The summed E-state index contributed by atoms with van der Waals surface area (Å²) in [5.74, 6) is -1.04. The van der Waals surface area contributed by atoms with E-state index in [0.717, 1.165) is 20.1 Å². The molecule has 1 aromatic heterocycles. The van der Waals surface area contributed by atoms with Crippen molar-refractivity contribution in [2.45, 2.75) is 0 Å². The number of nitrogens with zero attached hydrogens (tertiary/aromatic N) is 1. The summed E-state index contributed by atoms with van der Waals surface area (Å²) < 4.78 is 7.24. The smallest absolute Gasteiger partial charge is 0.336 e. The normalized spacial score (nSPS) is 11.2.